The summed E-state index contributed by atoms with van der Waals surface area (Å²) >= 11 is 0. The number of rotatable bonds is 7. The number of carbonyl (C=O) groups is 1. The number of anilines is 2. The van der Waals surface area contributed by atoms with Gasteiger partial charge in [0, 0.05) is 17.8 Å². The molecule has 0 fully saturated rings. The van der Waals surface area contributed by atoms with Gasteiger partial charge in [-0.1, -0.05) is 38.1 Å². The maximum atomic E-state index is 12.1. The van der Waals surface area contributed by atoms with Gasteiger partial charge in [-0.15, -0.1) is 0 Å². The third-order valence-electron chi connectivity index (χ3n) is 3.76. The molecule has 0 saturated carbocycles. The summed E-state index contributed by atoms with van der Waals surface area (Å²) in [5.74, 6) is 0.425. The van der Waals surface area contributed by atoms with Gasteiger partial charge in [-0.2, -0.15) is 0 Å². The van der Waals surface area contributed by atoms with E-state index in [0.29, 0.717) is 30.1 Å². The second-order valence-electron chi connectivity index (χ2n) is 6.40. The fourth-order valence-corrected chi connectivity index (χ4v) is 2.95. The van der Waals surface area contributed by atoms with Gasteiger partial charge in [-0.25, -0.2) is 8.42 Å². The maximum absolute atomic E-state index is 12.1. The van der Waals surface area contributed by atoms with E-state index in [1.807, 2.05) is 0 Å². The normalized spacial score (nSPS) is 11.4. The van der Waals surface area contributed by atoms with Crippen LogP contribution in [0, 0.1) is 0 Å². The van der Waals surface area contributed by atoms with Crippen LogP contribution >= 0.6 is 0 Å². The molecule has 0 radical (unpaired) electrons. The zero-order chi connectivity index (χ0) is 18.4. The number of aryl methyl sites for hydroxylation is 1. The predicted octanol–water partition coefficient (Wildman–Crippen LogP) is 3.75. The summed E-state index contributed by atoms with van der Waals surface area (Å²) in [4.78, 5) is 12.1. The van der Waals surface area contributed by atoms with Crippen LogP contribution in [0.25, 0.3) is 0 Å². The van der Waals surface area contributed by atoms with Gasteiger partial charge in [-0.05, 0) is 47.7 Å². The first-order chi connectivity index (χ1) is 11.7. The van der Waals surface area contributed by atoms with Crippen molar-refractivity contribution in [3.63, 3.8) is 0 Å². The van der Waals surface area contributed by atoms with Crippen LogP contribution in [-0.2, 0) is 21.2 Å². The fraction of sp³-hybridized carbons (Fsp3) is 0.316. The van der Waals surface area contributed by atoms with E-state index in [4.69, 9.17) is 0 Å². The summed E-state index contributed by atoms with van der Waals surface area (Å²) in [6.07, 6.45) is 2.17. The Balaban J connectivity index is 1.85. The minimum atomic E-state index is -3.30. The molecule has 25 heavy (non-hydrogen) atoms. The first kappa shape index (κ1) is 19.0. The Morgan fingerprint density at radius 2 is 1.52 bits per heavy atom. The van der Waals surface area contributed by atoms with Gasteiger partial charge < -0.3 is 5.32 Å². The fourth-order valence-electron chi connectivity index (χ4n) is 2.39. The van der Waals surface area contributed by atoms with Crippen LogP contribution in [0.1, 0.15) is 37.3 Å². The highest BCUT2D eigenvalue weighted by Gasteiger charge is 2.06. The third kappa shape index (κ3) is 6.58. The van der Waals surface area contributed by atoms with Crippen LogP contribution in [0.15, 0.2) is 48.5 Å². The average Bonchev–Trinajstić information content (AvgIpc) is 2.54. The molecule has 0 heterocycles. The molecule has 2 aromatic rings. The van der Waals surface area contributed by atoms with Crippen molar-refractivity contribution < 1.29 is 13.2 Å². The van der Waals surface area contributed by atoms with Crippen LogP contribution in [0.4, 0.5) is 11.4 Å². The molecule has 6 heteroatoms. The van der Waals surface area contributed by atoms with E-state index >= 15 is 0 Å². The van der Waals surface area contributed by atoms with E-state index in [1.165, 1.54) is 5.56 Å². The third-order valence-corrected chi connectivity index (χ3v) is 4.37. The van der Waals surface area contributed by atoms with Crippen LogP contribution in [-0.4, -0.2) is 20.6 Å². The number of benzene rings is 2. The van der Waals surface area contributed by atoms with Gasteiger partial charge in [0.2, 0.25) is 15.9 Å². The van der Waals surface area contributed by atoms with Crippen molar-refractivity contribution in [2.45, 2.75) is 32.6 Å². The molecule has 1 amide bonds. The Bertz CT molecular complexity index is 811. The molecular formula is C19H24N2O3S. The summed E-state index contributed by atoms with van der Waals surface area (Å²) in [6, 6.07) is 14.9. The molecule has 0 atom stereocenters. The number of sulfonamides is 1. The standard InChI is InChI=1S/C19H24N2O3S/c1-14(2)16-7-4-15(5-8-16)6-13-19(22)20-17-9-11-18(12-10-17)21-25(3,23)24/h4-5,7-12,14,21H,6,13H2,1-3H3,(H,20,22). The first-order valence-corrected chi connectivity index (χ1v) is 10.1. The number of amides is 1. The summed E-state index contributed by atoms with van der Waals surface area (Å²) in [6.45, 7) is 4.30. The Morgan fingerprint density at radius 1 is 0.960 bits per heavy atom. The van der Waals surface area contributed by atoms with Crippen molar-refractivity contribution in [1.82, 2.24) is 0 Å². The largest absolute Gasteiger partial charge is 0.326 e. The Morgan fingerprint density at radius 3 is 2.04 bits per heavy atom. The van der Waals surface area contributed by atoms with Gasteiger partial charge in [0.05, 0.1) is 6.26 Å². The van der Waals surface area contributed by atoms with Crippen molar-refractivity contribution in [3.05, 3.63) is 59.7 Å². The highest BCUT2D eigenvalue weighted by Crippen LogP contribution is 2.17. The maximum Gasteiger partial charge on any atom is 0.229 e. The molecule has 0 aliphatic rings. The minimum Gasteiger partial charge on any atom is -0.326 e. The molecule has 0 unspecified atom stereocenters. The highest BCUT2D eigenvalue weighted by atomic mass is 32.2. The predicted molar refractivity (Wildman–Crippen MR) is 102 cm³/mol. The molecule has 0 saturated heterocycles. The van der Waals surface area contributed by atoms with Crippen molar-refractivity contribution in [3.8, 4) is 0 Å². The van der Waals surface area contributed by atoms with E-state index in [9.17, 15) is 13.2 Å². The van der Waals surface area contributed by atoms with Crippen molar-refractivity contribution in [1.29, 1.82) is 0 Å². The lowest BCUT2D eigenvalue weighted by atomic mass is 10.0. The molecule has 2 N–H and O–H groups in total. The number of hydrogen-bond acceptors (Lipinski definition) is 3. The second-order valence-corrected chi connectivity index (χ2v) is 8.14. The second kappa shape index (κ2) is 8.16. The number of nitrogens with one attached hydrogen (secondary N) is 2. The average molecular weight is 360 g/mol. The van der Waals surface area contributed by atoms with E-state index in [0.717, 1.165) is 11.8 Å². The van der Waals surface area contributed by atoms with Gasteiger partial charge in [-0.3, -0.25) is 9.52 Å². The molecule has 0 aliphatic heterocycles. The van der Waals surface area contributed by atoms with E-state index < -0.39 is 10.0 Å². The van der Waals surface area contributed by atoms with Gasteiger partial charge in [0.25, 0.3) is 0 Å². The van der Waals surface area contributed by atoms with Gasteiger partial charge in [0.15, 0.2) is 0 Å². The quantitative estimate of drug-likeness (QED) is 0.789. The Labute approximate surface area is 149 Å². The molecule has 5 nitrogen and oxygen atoms in total. The van der Waals surface area contributed by atoms with Gasteiger partial charge in [0.1, 0.15) is 0 Å². The molecule has 2 aromatic carbocycles. The van der Waals surface area contributed by atoms with E-state index in [-0.39, 0.29) is 5.91 Å². The van der Waals surface area contributed by atoms with Crippen LogP contribution in [0.2, 0.25) is 0 Å². The molecule has 0 spiro atoms. The lowest BCUT2D eigenvalue weighted by molar-refractivity contribution is -0.116. The molecule has 134 valence electrons. The highest BCUT2D eigenvalue weighted by molar-refractivity contribution is 7.92. The summed E-state index contributed by atoms with van der Waals surface area (Å²) in [5.41, 5.74) is 3.52. The lowest BCUT2D eigenvalue weighted by Crippen LogP contribution is -2.13. The topological polar surface area (TPSA) is 75.3 Å². The molecule has 2 rings (SSSR count). The smallest absolute Gasteiger partial charge is 0.229 e. The van der Waals surface area contributed by atoms with Crippen molar-refractivity contribution in [2.24, 2.45) is 0 Å². The number of carbonyl (C=O) groups excluding carboxylic acids is 1. The monoisotopic (exact) mass is 360 g/mol. The minimum absolute atomic E-state index is 0.0724. The van der Waals surface area contributed by atoms with Gasteiger partial charge >= 0.3 is 0 Å². The first-order valence-electron chi connectivity index (χ1n) is 8.19. The van der Waals surface area contributed by atoms with Crippen LogP contribution in [0.5, 0.6) is 0 Å². The molecule has 0 bridgehead atoms. The van der Waals surface area contributed by atoms with Crippen molar-refractivity contribution >= 4 is 27.3 Å². The molecule has 0 aliphatic carbocycles. The summed E-state index contributed by atoms with van der Waals surface area (Å²) < 4.78 is 24.7. The zero-order valence-electron chi connectivity index (χ0n) is 14.7. The lowest BCUT2D eigenvalue weighted by Gasteiger charge is -2.09. The van der Waals surface area contributed by atoms with E-state index in [1.54, 1.807) is 24.3 Å². The zero-order valence-corrected chi connectivity index (χ0v) is 15.6. The summed E-state index contributed by atoms with van der Waals surface area (Å²) in [7, 11) is -3.30. The summed E-state index contributed by atoms with van der Waals surface area (Å²) in [5, 5.41) is 2.82. The SMILES string of the molecule is CC(C)c1ccc(CCC(=O)Nc2ccc(NS(C)(=O)=O)cc2)cc1. The van der Waals surface area contributed by atoms with Crippen LogP contribution < -0.4 is 10.0 Å². The molecule has 0 aromatic heterocycles. The Hall–Kier alpha value is -2.34. The van der Waals surface area contributed by atoms with Crippen molar-refractivity contribution in [2.75, 3.05) is 16.3 Å². The Kier molecular flexibility index (Phi) is 6.20. The van der Waals surface area contributed by atoms with Crippen LogP contribution in [0.3, 0.4) is 0 Å². The molecular weight excluding hydrogens is 336 g/mol. The van der Waals surface area contributed by atoms with E-state index in [2.05, 4.69) is 48.2 Å². The number of hydrogen-bond donors (Lipinski definition) is 2.